The van der Waals surface area contributed by atoms with Gasteiger partial charge in [-0.3, -0.25) is 0 Å². The predicted octanol–water partition coefficient (Wildman–Crippen LogP) is 0.105. The number of ether oxygens (including phenoxy) is 1. The van der Waals surface area contributed by atoms with Crippen molar-refractivity contribution in [3.63, 3.8) is 0 Å². The molecule has 2 rings (SSSR count). The fourth-order valence-electron chi connectivity index (χ4n) is 2.38. The number of sulfone groups is 1. The van der Waals surface area contributed by atoms with E-state index in [-0.39, 0.29) is 23.4 Å². The zero-order valence-corrected chi connectivity index (χ0v) is 13.3. The molecule has 0 aliphatic carbocycles. The summed E-state index contributed by atoms with van der Waals surface area (Å²) in [5.74, 6) is 0.0253. The minimum atomic E-state index is -3.45. The standard InChI is InChI=1S/C11H19N3O4S2/c1-11(2)6-14(4-7(5-15)18-11)10-8(20(3,16)17)9(12)13-19-10/h7,15H,4-6H2,1-3H3,(H2,12,13). The Kier molecular flexibility index (Phi) is 3.98. The number of aromatic nitrogens is 1. The number of nitrogens with zero attached hydrogens (tertiary/aromatic N) is 2. The lowest BCUT2D eigenvalue weighted by Gasteiger charge is -2.42. The van der Waals surface area contributed by atoms with Gasteiger partial charge in [0.05, 0.1) is 18.3 Å². The fourth-order valence-corrected chi connectivity index (χ4v) is 4.59. The summed E-state index contributed by atoms with van der Waals surface area (Å²) >= 11 is 1.06. The van der Waals surface area contributed by atoms with Crippen LogP contribution in [0.5, 0.6) is 0 Å². The van der Waals surface area contributed by atoms with Gasteiger partial charge in [-0.1, -0.05) is 0 Å². The molecular formula is C11H19N3O4S2. The maximum Gasteiger partial charge on any atom is 0.182 e. The Morgan fingerprint density at radius 3 is 2.80 bits per heavy atom. The van der Waals surface area contributed by atoms with Crippen LogP contribution >= 0.6 is 11.5 Å². The zero-order valence-electron chi connectivity index (χ0n) is 11.7. The Hall–Kier alpha value is -0.900. The minimum absolute atomic E-state index is 0.0253. The molecule has 0 amide bonds. The van der Waals surface area contributed by atoms with Crippen LogP contribution in [0.4, 0.5) is 10.8 Å². The molecule has 1 atom stereocenters. The Morgan fingerprint density at radius 2 is 2.25 bits per heavy atom. The molecular weight excluding hydrogens is 302 g/mol. The molecule has 7 nitrogen and oxygen atoms in total. The molecule has 0 aromatic carbocycles. The summed E-state index contributed by atoms with van der Waals surface area (Å²) in [7, 11) is -3.45. The molecule has 1 unspecified atom stereocenters. The summed E-state index contributed by atoms with van der Waals surface area (Å²) in [6, 6.07) is 0. The topological polar surface area (TPSA) is 106 Å². The maximum absolute atomic E-state index is 11.9. The second-order valence-electron chi connectivity index (χ2n) is 5.54. The van der Waals surface area contributed by atoms with Crippen LogP contribution in [-0.4, -0.2) is 55.6 Å². The van der Waals surface area contributed by atoms with Crippen LogP contribution in [-0.2, 0) is 14.6 Å². The summed E-state index contributed by atoms with van der Waals surface area (Å²) in [6.45, 7) is 4.58. The van der Waals surface area contributed by atoms with Gasteiger partial charge in [0.25, 0.3) is 0 Å². The molecule has 1 fully saturated rings. The molecule has 1 aliphatic rings. The number of morpholine rings is 1. The number of aliphatic hydroxyl groups excluding tert-OH is 1. The van der Waals surface area contributed by atoms with Gasteiger partial charge < -0.3 is 20.5 Å². The van der Waals surface area contributed by atoms with Gasteiger partial charge >= 0.3 is 0 Å². The fraction of sp³-hybridized carbons (Fsp3) is 0.727. The molecule has 0 spiro atoms. The minimum Gasteiger partial charge on any atom is -0.394 e. The molecule has 9 heteroatoms. The maximum atomic E-state index is 11.9. The summed E-state index contributed by atoms with van der Waals surface area (Å²) in [6.07, 6.45) is 0.751. The third kappa shape index (κ3) is 3.05. The van der Waals surface area contributed by atoms with Gasteiger partial charge in [0, 0.05) is 19.3 Å². The van der Waals surface area contributed by atoms with Crippen molar-refractivity contribution in [2.24, 2.45) is 0 Å². The van der Waals surface area contributed by atoms with Crippen molar-refractivity contribution in [3.8, 4) is 0 Å². The van der Waals surface area contributed by atoms with E-state index in [0.717, 1.165) is 17.8 Å². The van der Waals surface area contributed by atoms with E-state index in [1.54, 1.807) is 0 Å². The highest BCUT2D eigenvalue weighted by Crippen LogP contribution is 2.37. The molecule has 1 aromatic heterocycles. The van der Waals surface area contributed by atoms with E-state index in [1.165, 1.54) is 0 Å². The van der Waals surface area contributed by atoms with Gasteiger partial charge in [0.2, 0.25) is 0 Å². The zero-order chi connectivity index (χ0) is 15.1. The van der Waals surface area contributed by atoms with Crippen molar-refractivity contribution in [1.82, 2.24) is 4.37 Å². The Bertz CT molecular complexity index is 597. The molecule has 1 saturated heterocycles. The summed E-state index contributed by atoms with van der Waals surface area (Å²) < 4.78 is 33.4. The van der Waals surface area contributed by atoms with Crippen molar-refractivity contribution in [1.29, 1.82) is 0 Å². The lowest BCUT2D eigenvalue weighted by Crippen LogP contribution is -2.54. The highest BCUT2D eigenvalue weighted by molar-refractivity contribution is 7.91. The van der Waals surface area contributed by atoms with Crippen molar-refractivity contribution in [3.05, 3.63) is 0 Å². The molecule has 20 heavy (non-hydrogen) atoms. The number of hydrogen-bond donors (Lipinski definition) is 2. The van der Waals surface area contributed by atoms with Crippen molar-refractivity contribution in [2.45, 2.75) is 30.4 Å². The monoisotopic (exact) mass is 321 g/mol. The van der Waals surface area contributed by atoms with E-state index in [0.29, 0.717) is 18.1 Å². The quantitative estimate of drug-likeness (QED) is 0.813. The number of nitrogens with two attached hydrogens (primary N) is 1. The van der Waals surface area contributed by atoms with Gasteiger partial charge in [-0.15, -0.1) is 0 Å². The molecule has 114 valence electrons. The first-order valence-corrected chi connectivity index (χ1v) is 8.79. The second kappa shape index (κ2) is 5.14. The van der Waals surface area contributed by atoms with Gasteiger partial charge in [-0.05, 0) is 25.4 Å². The lowest BCUT2D eigenvalue weighted by molar-refractivity contribution is -0.100. The van der Waals surface area contributed by atoms with Crippen LogP contribution in [0.15, 0.2) is 4.90 Å². The van der Waals surface area contributed by atoms with E-state index in [9.17, 15) is 13.5 Å². The molecule has 1 aliphatic heterocycles. The van der Waals surface area contributed by atoms with Crippen molar-refractivity contribution >= 4 is 32.2 Å². The third-order valence-corrected chi connectivity index (χ3v) is 5.20. The van der Waals surface area contributed by atoms with Crippen molar-refractivity contribution in [2.75, 3.05) is 36.6 Å². The van der Waals surface area contributed by atoms with E-state index >= 15 is 0 Å². The number of nitrogen functional groups attached to an aromatic ring is 1. The van der Waals surface area contributed by atoms with E-state index < -0.39 is 15.4 Å². The first kappa shape index (κ1) is 15.5. The number of aliphatic hydroxyl groups is 1. The van der Waals surface area contributed by atoms with Crippen LogP contribution in [0.3, 0.4) is 0 Å². The van der Waals surface area contributed by atoms with Crippen LogP contribution in [0.25, 0.3) is 0 Å². The first-order chi connectivity index (χ1) is 9.14. The average Bonchev–Trinajstić information content (AvgIpc) is 2.68. The van der Waals surface area contributed by atoms with Crippen molar-refractivity contribution < 1.29 is 18.3 Å². The first-order valence-electron chi connectivity index (χ1n) is 6.13. The molecule has 3 N–H and O–H groups in total. The second-order valence-corrected chi connectivity index (χ2v) is 8.24. The summed E-state index contributed by atoms with van der Waals surface area (Å²) in [5.41, 5.74) is 5.19. The van der Waals surface area contributed by atoms with Gasteiger partial charge in [-0.25, -0.2) is 8.42 Å². The highest BCUT2D eigenvalue weighted by atomic mass is 32.2. The van der Waals surface area contributed by atoms with Gasteiger partial charge in [0.1, 0.15) is 9.90 Å². The lowest BCUT2D eigenvalue weighted by atomic mass is 10.1. The number of hydrogen-bond acceptors (Lipinski definition) is 8. The SMILES string of the molecule is CC1(C)CN(c2snc(N)c2S(C)(=O)=O)CC(CO)O1. The number of anilines is 2. The molecule has 0 saturated carbocycles. The largest absolute Gasteiger partial charge is 0.394 e. The highest BCUT2D eigenvalue weighted by Gasteiger charge is 2.36. The average molecular weight is 321 g/mol. The smallest absolute Gasteiger partial charge is 0.182 e. The number of rotatable bonds is 3. The summed E-state index contributed by atoms with van der Waals surface area (Å²) in [5, 5.41) is 9.83. The Labute approximate surface area is 122 Å². The van der Waals surface area contributed by atoms with Gasteiger partial charge in [0.15, 0.2) is 15.7 Å². The summed E-state index contributed by atoms with van der Waals surface area (Å²) in [4.78, 5) is 1.94. The third-order valence-electron chi connectivity index (χ3n) is 3.00. The van der Waals surface area contributed by atoms with Gasteiger partial charge in [-0.2, -0.15) is 4.37 Å². The van der Waals surface area contributed by atoms with E-state index in [4.69, 9.17) is 10.5 Å². The van der Waals surface area contributed by atoms with Crippen LogP contribution in [0, 0.1) is 0 Å². The predicted molar refractivity (Wildman–Crippen MR) is 77.9 cm³/mol. The van der Waals surface area contributed by atoms with E-state index in [2.05, 4.69) is 4.37 Å². The van der Waals surface area contributed by atoms with Crippen LogP contribution in [0.1, 0.15) is 13.8 Å². The Morgan fingerprint density at radius 1 is 1.60 bits per heavy atom. The normalized spacial score (nSPS) is 23.0. The molecule has 2 heterocycles. The molecule has 1 aromatic rings. The van der Waals surface area contributed by atoms with E-state index in [1.807, 2.05) is 18.7 Å². The van der Waals surface area contributed by atoms with Crippen LogP contribution in [0.2, 0.25) is 0 Å². The Balaban J connectivity index is 2.41. The van der Waals surface area contributed by atoms with Crippen LogP contribution < -0.4 is 10.6 Å². The molecule has 0 bridgehead atoms. The molecule has 0 radical (unpaired) electrons.